The molecule has 0 spiro atoms. The molecule has 0 heterocycles. The third-order valence-electron chi connectivity index (χ3n) is 3.50. The minimum atomic E-state index is -0.300. The molecule has 3 heteroatoms. The summed E-state index contributed by atoms with van der Waals surface area (Å²) in [5.41, 5.74) is 5.02. The molecule has 2 aromatic carbocycles. The van der Waals surface area contributed by atoms with Crippen molar-refractivity contribution < 1.29 is 4.39 Å². The first kappa shape index (κ1) is 15.3. The molecule has 0 aliphatic carbocycles. The number of hydrogen-bond acceptors (Lipinski definition) is 0. The Hall–Kier alpha value is -1.05. The number of aryl methyl sites for hydroxylation is 3. The Bertz CT molecular complexity index is 592. The van der Waals surface area contributed by atoms with E-state index in [-0.39, 0.29) is 11.2 Å². The fraction of sp³-hybridized carbons (Fsp3) is 0.294. The van der Waals surface area contributed by atoms with E-state index < -0.39 is 0 Å². The highest BCUT2D eigenvalue weighted by molar-refractivity contribution is 6.31. The lowest BCUT2D eigenvalue weighted by molar-refractivity contribution is 0.607. The van der Waals surface area contributed by atoms with E-state index in [0.717, 1.165) is 16.7 Å². The summed E-state index contributed by atoms with van der Waals surface area (Å²) in [6, 6.07) is 8.91. The van der Waals surface area contributed by atoms with Crippen LogP contribution in [0.1, 0.15) is 33.2 Å². The molecule has 0 nitrogen and oxygen atoms in total. The summed E-state index contributed by atoms with van der Waals surface area (Å²) < 4.78 is 13.8. The fourth-order valence-electron chi connectivity index (χ4n) is 2.69. The third kappa shape index (κ3) is 3.16. The second kappa shape index (κ2) is 6.15. The molecule has 0 aromatic heterocycles. The predicted molar refractivity (Wildman–Crippen MR) is 84.4 cm³/mol. The zero-order valence-electron chi connectivity index (χ0n) is 11.8. The third-order valence-corrected chi connectivity index (χ3v) is 4.22. The largest absolute Gasteiger partial charge is 0.207 e. The van der Waals surface area contributed by atoms with Crippen LogP contribution in [0.25, 0.3) is 0 Å². The van der Waals surface area contributed by atoms with E-state index >= 15 is 0 Å². The van der Waals surface area contributed by atoms with Crippen LogP contribution in [0.2, 0.25) is 5.02 Å². The van der Waals surface area contributed by atoms with Gasteiger partial charge in [-0.05, 0) is 56.0 Å². The van der Waals surface area contributed by atoms with Crippen LogP contribution >= 0.6 is 23.2 Å². The second-order valence-corrected chi connectivity index (χ2v) is 6.12. The van der Waals surface area contributed by atoms with Gasteiger partial charge < -0.3 is 0 Å². The summed E-state index contributed by atoms with van der Waals surface area (Å²) in [5.74, 6) is -0.300. The Morgan fingerprint density at radius 3 is 2.25 bits per heavy atom. The minimum absolute atomic E-state index is 0.287. The van der Waals surface area contributed by atoms with Crippen molar-refractivity contribution in [1.29, 1.82) is 0 Å². The Morgan fingerprint density at radius 1 is 1.10 bits per heavy atom. The van der Waals surface area contributed by atoms with Crippen LogP contribution in [0.15, 0.2) is 30.3 Å². The molecule has 0 N–H and O–H groups in total. The molecule has 20 heavy (non-hydrogen) atoms. The standard InChI is InChI=1S/C17H17Cl2F/c1-10-7-11(2)17(12(3)8-10)15(19)9-13-14(18)5-4-6-16(13)20/h4-8,15H,9H2,1-3H3. The molecule has 0 aliphatic heterocycles. The molecular weight excluding hydrogens is 294 g/mol. The summed E-state index contributed by atoms with van der Waals surface area (Å²) in [6.45, 7) is 6.13. The van der Waals surface area contributed by atoms with Crippen LogP contribution in [0.5, 0.6) is 0 Å². The van der Waals surface area contributed by atoms with E-state index in [1.807, 2.05) is 13.8 Å². The van der Waals surface area contributed by atoms with Crippen molar-refractivity contribution in [2.45, 2.75) is 32.6 Å². The van der Waals surface area contributed by atoms with Crippen molar-refractivity contribution in [2.75, 3.05) is 0 Å². The maximum atomic E-state index is 13.8. The molecule has 2 rings (SSSR count). The highest BCUT2D eigenvalue weighted by Gasteiger charge is 2.18. The average Bonchev–Trinajstić information content (AvgIpc) is 2.32. The molecule has 106 valence electrons. The van der Waals surface area contributed by atoms with Crippen molar-refractivity contribution in [1.82, 2.24) is 0 Å². The quantitative estimate of drug-likeness (QED) is 0.617. The molecule has 0 saturated carbocycles. The van der Waals surface area contributed by atoms with Gasteiger partial charge in [0.15, 0.2) is 0 Å². The normalized spacial score (nSPS) is 12.5. The lowest BCUT2D eigenvalue weighted by Gasteiger charge is -2.18. The highest BCUT2D eigenvalue weighted by atomic mass is 35.5. The van der Waals surface area contributed by atoms with E-state index in [2.05, 4.69) is 19.1 Å². The molecule has 0 aliphatic rings. The van der Waals surface area contributed by atoms with Gasteiger partial charge in [0.1, 0.15) is 5.82 Å². The van der Waals surface area contributed by atoms with Crippen LogP contribution < -0.4 is 0 Å². The van der Waals surface area contributed by atoms with Crippen LogP contribution in [0.4, 0.5) is 4.39 Å². The first-order valence-electron chi connectivity index (χ1n) is 6.55. The lowest BCUT2D eigenvalue weighted by atomic mass is 9.94. The van der Waals surface area contributed by atoms with Crippen LogP contribution in [0, 0.1) is 26.6 Å². The number of hydrogen-bond donors (Lipinski definition) is 0. The SMILES string of the molecule is Cc1cc(C)c(C(Cl)Cc2c(F)cccc2Cl)c(C)c1. The number of alkyl halides is 1. The monoisotopic (exact) mass is 310 g/mol. The Balaban J connectivity index is 2.36. The zero-order chi connectivity index (χ0) is 14.9. The lowest BCUT2D eigenvalue weighted by Crippen LogP contribution is -2.04. The van der Waals surface area contributed by atoms with Crippen LogP contribution in [-0.4, -0.2) is 0 Å². The van der Waals surface area contributed by atoms with E-state index in [1.54, 1.807) is 12.1 Å². The topological polar surface area (TPSA) is 0 Å². The van der Waals surface area contributed by atoms with Crippen LogP contribution in [0.3, 0.4) is 0 Å². The summed E-state index contributed by atoms with van der Waals surface area (Å²) in [4.78, 5) is 0. The van der Waals surface area contributed by atoms with Gasteiger partial charge >= 0.3 is 0 Å². The molecule has 0 bridgehead atoms. The van der Waals surface area contributed by atoms with Gasteiger partial charge in [-0.15, -0.1) is 11.6 Å². The van der Waals surface area contributed by atoms with Gasteiger partial charge in [-0.2, -0.15) is 0 Å². The summed E-state index contributed by atoms with van der Waals surface area (Å²) >= 11 is 12.6. The van der Waals surface area contributed by atoms with Crippen molar-refractivity contribution in [3.8, 4) is 0 Å². The highest BCUT2D eigenvalue weighted by Crippen LogP contribution is 2.33. The Morgan fingerprint density at radius 2 is 1.70 bits per heavy atom. The minimum Gasteiger partial charge on any atom is -0.207 e. The number of benzene rings is 2. The summed E-state index contributed by atoms with van der Waals surface area (Å²) in [7, 11) is 0. The zero-order valence-corrected chi connectivity index (χ0v) is 13.3. The summed E-state index contributed by atoms with van der Waals surface area (Å²) in [6.07, 6.45) is 0.387. The Kier molecular flexibility index (Phi) is 4.72. The molecule has 2 aromatic rings. The van der Waals surface area contributed by atoms with E-state index in [0.29, 0.717) is 17.0 Å². The first-order valence-corrected chi connectivity index (χ1v) is 7.36. The first-order chi connectivity index (χ1) is 9.40. The second-order valence-electron chi connectivity index (χ2n) is 5.18. The molecule has 0 saturated heterocycles. The van der Waals surface area contributed by atoms with Crippen LogP contribution in [-0.2, 0) is 6.42 Å². The van der Waals surface area contributed by atoms with E-state index in [1.165, 1.54) is 11.6 Å². The number of halogens is 3. The molecular formula is C17H17Cl2F. The fourth-order valence-corrected chi connectivity index (χ4v) is 3.43. The molecule has 0 fully saturated rings. The molecule has 0 amide bonds. The predicted octanol–water partition coefficient (Wildman–Crippen LogP) is 5.93. The maximum Gasteiger partial charge on any atom is 0.127 e. The van der Waals surface area contributed by atoms with Gasteiger partial charge in [-0.1, -0.05) is 35.4 Å². The number of rotatable bonds is 3. The van der Waals surface area contributed by atoms with Crippen molar-refractivity contribution in [2.24, 2.45) is 0 Å². The molecule has 1 unspecified atom stereocenters. The Labute approximate surface area is 129 Å². The maximum absolute atomic E-state index is 13.8. The van der Waals surface area contributed by atoms with Crippen molar-refractivity contribution in [3.05, 3.63) is 69.0 Å². The molecule has 1 atom stereocenters. The van der Waals surface area contributed by atoms with E-state index in [9.17, 15) is 4.39 Å². The average molecular weight is 311 g/mol. The van der Waals surface area contributed by atoms with Gasteiger partial charge in [0.25, 0.3) is 0 Å². The summed E-state index contributed by atoms with van der Waals surface area (Å²) in [5, 5.41) is 0.142. The van der Waals surface area contributed by atoms with Crippen molar-refractivity contribution in [3.63, 3.8) is 0 Å². The van der Waals surface area contributed by atoms with Gasteiger partial charge in [0.2, 0.25) is 0 Å². The van der Waals surface area contributed by atoms with Gasteiger partial charge in [-0.25, -0.2) is 4.39 Å². The molecule has 0 radical (unpaired) electrons. The van der Waals surface area contributed by atoms with Gasteiger partial charge in [-0.3, -0.25) is 0 Å². The van der Waals surface area contributed by atoms with E-state index in [4.69, 9.17) is 23.2 Å². The van der Waals surface area contributed by atoms with Gasteiger partial charge in [0, 0.05) is 10.6 Å². The van der Waals surface area contributed by atoms with Crippen molar-refractivity contribution >= 4 is 23.2 Å². The van der Waals surface area contributed by atoms with Gasteiger partial charge in [0.05, 0.1) is 5.38 Å². The smallest absolute Gasteiger partial charge is 0.127 e.